The van der Waals surface area contributed by atoms with Gasteiger partial charge in [0, 0.05) is 35.8 Å². The van der Waals surface area contributed by atoms with E-state index >= 15 is 0 Å². The first kappa shape index (κ1) is 8.95. The lowest BCUT2D eigenvalue weighted by Gasteiger charge is -2.26. The van der Waals surface area contributed by atoms with Crippen LogP contribution in [0.5, 0.6) is 0 Å². The molecule has 0 atom stereocenters. The number of nitrogens with one attached hydrogen (secondary N) is 2. The average molecular weight is 202 g/mol. The van der Waals surface area contributed by atoms with E-state index in [1.807, 2.05) is 12.3 Å². The molecule has 1 fully saturated rings. The Balaban J connectivity index is 1.78. The molecule has 0 spiro atoms. The standard InChI is InChI=1S/C12H14N2O/c1-2-4-12-11(3-1)9(5-14-12)8-15-10-6-13-7-10/h1-5,10,13-14H,6-8H2. The molecule has 1 aliphatic rings. The molecular weight excluding hydrogens is 188 g/mol. The van der Waals surface area contributed by atoms with Gasteiger partial charge >= 0.3 is 0 Å². The van der Waals surface area contributed by atoms with Gasteiger partial charge in [0.05, 0.1) is 12.7 Å². The van der Waals surface area contributed by atoms with Crippen molar-refractivity contribution in [3.05, 3.63) is 36.0 Å². The van der Waals surface area contributed by atoms with Crippen LogP contribution in [0.2, 0.25) is 0 Å². The highest BCUT2D eigenvalue weighted by atomic mass is 16.5. The van der Waals surface area contributed by atoms with E-state index < -0.39 is 0 Å². The zero-order valence-electron chi connectivity index (χ0n) is 8.49. The van der Waals surface area contributed by atoms with Crippen LogP contribution in [0.25, 0.3) is 10.9 Å². The maximum absolute atomic E-state index is 5.75. The van der Waals surface area contributed by atoms with Crippen molar-refractivity contribution in [3.63, 3.8) is 0 Å². The molecule has 1 saturated heterocycles. The number of fused-ring (bicyclic) bond motifs is 1. The lowest BCUT2D eigenvalue weighted by molar-refractivity contribution is 0.00811. The quantitative estimate of drug-likeness (QED) is 0.794. The minimum atomic E-state index is 0.402. The second kappa shape index (κ2) is 3.68. The third kappa shape index (κ3) is 1.64. The fraction of sp³-hybridized carbons (Fsp3) is 0.333. The largest absolute Gasteiger partial charge is 0.371 e. The van der Waals surface area contributed by atoms with Gasteiger partial charge in [0.1, 0.15) is 0 Å². The molecule has 0 aliphatic carbocycles. The molecule has 1 aromatic heterocycles. The summed E-state index contributed by atoms with van der Waals surface area (Å²) in [5.74, 6) is 0. The number of aromatic nitrogens is 1. The minimum absolute atomic E-state index is 0.402. The smallest absolute Gasteiger partial charge is 0.0828 e. The first-order valence-electron chi connectivity index (χ1n) is 5.31. The van der Waals surface area contributed by atoms with Crippen LogP contribution >= 0.6 is 0 Å². The Morgan fingerprint density at radius 2 is 2.13 bits per heavy atom. The normalized spacial score (nSPS) is 16.8. The number of hydrogen-bond acceptors (Lipinski definition) is 2. The van der Waals surface area contributed by atoms with E-state index in [0.717, 1.165) is 13.1 Å². The maximum Gasteiger partial charge on any atom is 0.0828 e. The van der Waals surface area contributed by atoms with Crippen molar-refractivity contribution in [2.75, 3.05) is 13.1 Å². The summed E-state index contributed by atoms with van der Waals surface area (Å²) in [6.07, 6.45) is 2.44. The van der Waals surface area contributed by atoms with Crippen molar-refractivity contribution in [2.45, 2.75) is 12.7 Å². The Labute approximate surface area is 88.4 Å². The van der Waals surface area contributed by atoms with Crippen LogP contribution < -0.4 is 5.32 Å². The van der Waals surface area contributed by atoms with E-state index in [4.69, 9.17) is 4.74 Å². The van der Waals surface area contributed by atoms with Crippen molar-refractivity contribution in [1.82, 2.24) is 10.3 Å². The zero-order valence-corrected chi connectivity index (χ0v) is 8.49. The predicted molar refractivity (Wildman–Crippen MR) is 59.7 cm³/mol. The summed E-state index contributed by atoms with van der Waals surface area (Å²) in [5.41, 5.74) is 2.43. The third-order valence-corrected chi connectivity index (χ3v) is 2.89. The Bertz CT molecular complexity index is 459. The topological polar surface area (TPSA) is 37.0 Å². The summed E-state index contributed by atoms with van der Waals surface area (Å²) < 4.78 is 5.75. The highest BCUT2D eigenvalue weighted by Crippen LogP contribution is 2.19. The molecular formula is C12H14N2O. The molecule has 0 saturated carbocycles. The number of benzene rings is 1. The first-order valence-corrected chi connectivity index (χ1v) is 5.31. The van der Waals surface area contributed by atoms with E-state index in [1.165, 1.54) is 16.5 Å². The lowest BCUT2D eigenvalue weighted by Crippen LogP contribution is -2.48. The molecule has 3 nitrogen and oxygen atoms in total. The molecule has 2 N–H and O–H groups in total. The van der Waals surface area contributed by atoms with Crippen LogP contribution in [0.15, 0.2) is 30.5 Å². The van der Waals surface area contributed by atoms with Gasteiger partial charge in [-0.1, -0.05) is 18.2 Å². The molecule has 2 aromatic rings. The zero-order chi connectivity index (χ0) is 10.1. The molecule has 0 amide bonds. The number of aromatic amines is 1. The second-order valence-electron chi connectivity index (χ2n) is 3.95. The summed E-state index contributed by atoms with van der Waals surface area (Å²) in [7, 11) is 0. The maximum atomic E-state index is 5.75. The molecule has 0 bridgehead atoms. The van der Waals surface area contributed by atoms with E-state index in [0.29, 0.717) is 12.7 Å². The van der Waals surface area contributed by atoms with Crippen LogP contribution in [0.3, 0.4) is 0 Å². The van der Waals surface area contributed by atoms with Gasteiger partial charge < -0.3 is 15.0 Å². The van der Waals surface area contributed by atoms with Crippen LogP contribution in [-0.4, -0.2) is 24.2 Å². The number of para-hydroxylation sites is 1. The molecule has 2 heterocycles. The molecule has 3 heteroatoms. The van der Waals surface area contributed by atoms with Gasteiger partial charge in [-0.25, -0.2) is 0 Å². The molecule has 3 rings (SSSR count). The molecule has 0 radical (unpaired) electrons. The first-order chi connectivity index (χ1) is 7.43. The van der Waals surface area contributed by atoms with Gasteiger partial charge in [0.25, 0.3) is 0 Å². The van der Waals surface area contributed by atoms with Crippen LogP contribution in [0.4, 0.5) is 0 Å². The highest BCUT2D eigenvalue weighted by molar-refractivity contribution is 5.82. The number of H-pyrrole nitrogens is 1. The Hall–Kier alpha value is -1.32. The number of ether oxygens (including phenoxy) is 1. The molecule has 1 aromatic carbocycles. The van der Waals surface area contributed by atoms with Gasteiger partial charge in [-0.3, -0.25) is 0 Å². The summed E-state index contributed by atoms with van der Waals surface area (Å²) in [4.78, 5) is 3.25. The van der Waals surface area contributed by atoms with E-state index in [1.54, 1.807) is 0 Å². The fourth-order valence-electron chi connectivity index (χ4n) is 1.84. The lowest BCUT2D eigenvalue weighted by atomic mass is 10.2. The Kier molecular flexibility index (Phi) is 2.19. The van der Waals surface area contributed by atoms with Crippen molar-refractivity contribution < 1.29 is 4.74 Å². The monoisotopic (exact) mass is 202 g/mol. The van der Waals surface area contributed by atoms with Crippen molar-refractivity contribution in [1.29, 1.82) is 0 Å². The van der Waals surface area contributed by atoms with Crippen molar-refractivity contribution in [3.8, 4) is 0 Å². The summed E-state index contributed by atoms with van der Waals surface area (Å²) in [6, 6.07) is 8.32. The number of rotatable bonds is 3. The summed E-state index contributed by atoms with van der Waals surface area (Å²) in [5, 5.41) is 4.46. The third-order valence-electron chi connectivity index (χ3n) is 2.89. The summed E-state index contributed by atoms with van der Waals surface area (Å²) in [6.45, 7) is 2.68. The molecule has 15 heavy (non-hydrogen) atoms. The Morgan fingerprint density at radius 1 is 1.27 bits per heavy atom. The average Bonchev–Trinajstić information content (AvgIpc) is 2.60. The highest BCUT2D eigenvalue weighted by Gasteiger charge is 2.17. The van der Waals surface area contributed by atoms with Crippen molar-refractivity contribution in [2.24, 2.45) is 0 Å². The van der Waals surface area contributed by atoms with Gasteiger partial charge in [0.15, 0.2) is 0 Å². The van der Waals surface area contributed by atoms with Gasteiger partial charge in [0.2, 0.25) is 0 Å². The van der Waals surface area contributed by atoms with Crippen molar-refractivity contribution >= 4 is 10.9 Å². The van der Waals surface area contributed by atoms with E-state index in [-0.39, 0.29) is 0 Å². The molecule has 0 unspecified atom stereocenters. The SMILES string of the molecule is c1ccc2c(COC3CNC3)c[nH]c2c1. The number of hydrogen-bond donors (Lipinski definition) is 2. The predicted octanol–water partition coefficient (Wildman–Crippen LogP) is 1.66. The molecule has 1 aliphatic heterocycles. The van der Waals surface area contributed by atoms with E-state index in [2.05, 4.69) is 28.5 Å². The van der Waals surface area contributed by atoms with Crippen LogP contribution in [0, 0.1) is 0 Å². The van der Waals surface area contributed by atoms with Gasteiger partial charge in [-0.2, -0.15) is 0 Å². The van der Waals surface area contributed by atoms with Crippen LogP contribution in [-0.2, 0) is 11.3 Å². The fourth-order valence-corrected chi connectivity index (χ4v) is 1.84. The van der Waals surface area contributed by atoms with Crippen LogP contribution in [0.1, 0.15) is 5.56 Å². The minimum Gasteiger partial charge on any atom is -0.371 e. The van der Waals surface area contributed by atoms with Gasteiger partial charge in [-0.05, 0) is 6.07 Å². The van der Waals surface area contributed by atoms with E-state index in [9.17, 15) is 0 Å². The Morgan fingerprint density at radius 3 is 2.93 bits per heavy atom. The molecule has 78 valence electrons. The summed E-state index contributed by atoms with van der Waals surface area (Å²) >= 11 is 0. The second-order valence-corrected chi connectivity index (χ2v) is 3.95. The van der Waals surface area contributed by atoms with Gasteiger partial charge in [-0.15, -0.1) is 0 Å².